The van der Waals surface area contributed by atoms with Crippen molar-refractivity contribution < 1.29 is 14.0 Å². The van der Waals surface area contributed by atoms with Gasteiger partial charge in [-0.2, -0.15) is 0 Å². The second-order valence-electron chi connectivity index (χ2n) is 6.01. The van der Waals surface area contributed by atoms with Crippen LogP contribution in [0.15, 0.2) is 47.1 Å². The number of urea groups is 1. The molecule has 126 valence electrons. The third-order valence-electron chi connectivity index (χ3n) is 3.98. The molecule has 1 aliphatic carbocycles. The molecule has 1 fully saturated rings. The highest BCUT2D eigenvalue weighted by Crippen LogP contribution is 2.30. The van der Waals surface area contributed by atoms with Crippen molar-refractivity contribution in [3.05, 3.63) is 54.0 Å². The van der Waals surface area contributed by atoms with Gasteiger partial charge in [-0.1, -0.05) is 12.1 Å². The summed E-state index contributed by atoms with van der Waals surface area (Å²) in [6, 6.07) is 10.7. The molecule has 3 rings (SSSR count). The summed E-state index contributed by atoms with van der Waals surface area (Å²) < 4.78 is 5.16. The number of amides is 3. The molecule has 1 saturated carbocycles. The summed E-state index contributed by atoms with van der Waals surface area (Å²) in [4.78, 5) is 23.6. The Morgan fingerprint density at radius 3 is 2.58 bits per heavy atom. The molecule has 1 atom stereocenters. The number of benzene rings is 1. The van der Waals surface area contributed by atoms with Crippen LogP contribution >= 0.6 is 0 Å². The van der Waals surface area contributed by atoms with E-state index in [1.54, 1.807) is 18.4 Å². The molecule has 6 nitrogen and oxygen atoms in total. The van der Waals surface area contributed by atoms with Crippen molar-refractivity contribution in [2.75, 3.05) is 5.32 Å². The predicted octanol–water partition coefficient (Wildman–Crippen LogP) is 3.19. The number of hydrogen-bond donors (Lipinski definition) is 3. The Balaban J connectivity index is 1.47. The van der Waals surface area contributed by atoms with Crippen LogP contribution < -0.4 is 16.0 Å². The first-order chi connectivity index (χ1) is 11.6. The van der Waals surface area contributed by atoms with Crippen LogP contribution in [0.3, 0.4) is 0 Å². The van der Waals surface area contributed by atoms with E-state index in [0.717, 1.165) is 24.1 Å². The lowest BCUT2D eigenvalue weighted by Crippen LogP contribution is -2.36. The van der Waals surface area contributed by atoms with Gasteiger partial charge in [-0.3, -0.25) is 4.79 Å². The molecule has 3 amide bonds. The van der Waals surface area contributed by atoms with Gasteiger partial charge in [0.2, 0.25) is 5.91 Å². The standard InChI is InChI=1S/C18H21N3O3/c1-12(20-18(23)19-11-16-3-2-10-24-16)13-6-8-15(9-7-13)21-17(22)14-4-5-14/h2-3,6-10,12,14H,4-5,11H2,1H3,(H,21,22)(H2,19,20,23)/t12-/m0/s1. The first-order valence-corrected chi connectivity index (χ1v) is 8.09. The molecule has 0 radical (unpaired) electrons. The minimum atomic E-state index is -0.259. The molecular formula is C18H21N3O3. The highest BCUT2D eigenvalue weighted by Gasteiger charge is 2.29. The summed E-state index contributed by atoms with van der Waals surface area (Å²) in [5, 5.41) is 8.51. The topological polar surface area (TPSA) is 83.4 Å². The van der Waals surface area contributed by atoms with Crippen LogP contribution in [0.25, 0.3) is 0 Å². The Morgan fingerprint density at radius 2 is 1.96 bits per heavy atom. The van der Waals surface area contributed by atoms with Crippen molar-refractivity contribution in [1.82, 2.24) is 10.6 Å². The van der Waals surface area contributed by atoms with Crippen LogP contribution in [-0.2, 0) is 11.3 Å². The molecule has 1 aromatic heterocycles. The van der Waals surface area contributed by atoms with Crippen LogP contribution in [0.4, 0.5) is 10.5 Å². The van der Waals surface area contributed by atoms with Crippen molar-refractivity contribution in [2.45, 2.75) is 32.4 Å². The average Bonchev–Trinajstić information content (AvgIpc) is 3.30. The van der Waals surface area contributed by atoms with Crippen LogP contribution in [-0.4, -0.2) is 11.9 Å². The number of furan rings is 1. The summed E-state index contributed by atoms with van der Waals surface area (Å²) in [5.41, 5.74) is 1.75. The van der Waals surface area contributed by atoms with Crippen molar-refractivity contribution >= 4 is 17.6 Å². The van der Waals surface area contributed by atoms with Crippen molar-refractivity contribution in [3.8, 4) is 0 Å². The zero-order valence-electron chi connectivity index (χ0n) is 13.5. The molecule has 6 heteroatoms. The van der Waals surface area contributed by atoms with E-state index in [4.69, 9.17) is 4.42 Å². The fourth-order valence-corrected chi connectivity index (χ4v) is 2.36. The molecule has 1 heterocycles. The van der Waals surface area contributed by atoms with E-state index >= 15 is 0 Å². The molecule has 0 aliphatic heterocycles. The second-order valence-corrected chi connectivity index (χ2v) is 6.01. The number of hydrogen-bond acceptors (Lipinski definition) is 3. The lowest BCUT2D eigenvalue weighted by Gasteiger charge is -2.15. The van der Waals surface area contributed by atoms with Gasteiger partial charge in [0, 0.05) is 11.6 Å². The Hall–Kier alpha value is -2.76. The molecule has 0 spiro atoms. The Bertz CT molecular complexity index is 691. The number of nitrogens with one attached hydrogen (secondary N) is 3. The Morgan fingerprint density at radius 1 is 1.21 bits per heavy atom. The number of carbonyl (C=O) groups excluding carboxylic acids is 2. The number of carbonyl (C=O) groups is 2. The molecule has 2 aromatic rings. The van der Waals surface area contributed by atoms with Gasteiger partial charge in [-0.05, 0) is 49.6 Å². The predicted molar refractivity (Wildman–Crippen MR) is 90.3 cm³/mol. The van der Waals surface area contributed by atoms with E-state index in [1.807, 2.05) is 31.2 Å². The van der Waals surface area contributed by atoms with Crippen molar-refractivity contribution in [3.63, 3.8) is 0 Å². The van der Waals surface area contributed by atoms with Gasteiger partial charge < -0.3 is 20.4 Å². The smallest absolute Gasteiger partial charge is 0.315 e. The van der Waals surface area contributed by atoms with E-state index in [9.17, 15) is 9.59 Å². The average molecular weight is 327 g/mol. The molecule has 1 aliphatic rings. The van der Waals surface area contributed by atoms with E-state index in [0.29, 0.717) is 12.3 Å². The third kappa shape index (κ3) is 4.38. The first kappa shape index (κ1) is 16.1. The minimum absolute atomic E-state index is 0.0891. The maximum atomic E-state index is 11.9. The van der Waals surface area contributed by atoms with Gasteiger partial charge >= 0.3 is 6.03 Å². The lowest BCUT2D eigenvalue weighted by atomic mass is 10.1. The maximum Gasteiger partial charge on any atom is 0.315 e. The lowest BCUT2D eigenvalue weighted by molar-refractivity contribution is -0.117. The summed E-state index contributed by atoms with van der Waals surface area (Å²) in [6.07, 6.45) is 3.54. The van der Waals surface area contributed by atoms with Crippen LogP contribution in [0, 0.1) is 5.92 Å². The molecule has 1 aromatic carbocycles. The van der Waals surface area contributed by atoms with Crippen LogP contribution in [0.2, 0.25) is 0 Å². The fourth-order valence-electron chi connectivity index (χ4n) is 2.36. The minimum Gasteiger partial charge on any atom is -0.467 e. The summed E-state index contributed by atoms with van der Waals surface area (Å²) in [7, 11) is 0. The van der Waals surface area contributed by atoms with Crippen LogP contribution in [0.5, 0.6) is 0 Å². The molecule has 0 unspecified atom stereocenters. The Labute approximate surface area is 140 Å². The monoisotopic (exact) mass is 327 g/mol. The summed E-state index contributed by atoms with van der Waals surface area (Å²) in [5.74, 6) is 0.975. The van der Waals surface area contributed by atoms with Gasteiger partial charge in [0.15, 0.2) is 0 Å². The molecular weight excluding hydrogens is 306 g/mol. The van der Waals surface area contributed by atoms with Crippen molar-refractivity contribution in [1.29, 1.82) is 0 Å². The SMILES string of the molecule is C[C@H](NC(=O)NCc1ccco1)c1ccc(NC(=O)C2CC2)cc1. The highest BCUT2D eigenvalue weighted by molar-refractivity contribution is 5.94. The molecule has 0 saturated heterocycles. The van der Waals surface area contributed by atoms with Gasteiger partial charge in [-0.15, -0.1) is 0 Å². The molecule has 3 N–H and O–H groups in total. The zero-order chi connectivity index (χ0) is 16.9. The summed E-state index contributed by atoms with van der Waals surface area (Å²) >= 11 is 0. The Kier molecular flexibility index (Phi) is 4.84. The largest absolute Gasteiger partial charge is 0.467 e. The fraction of sp³-hybridized carbons (Fsp3) is 0.333. The molecule has 24 heavy (non-hydrogen) atoms. The third-order valence-corrected chi connectivity index (χ3v) is 3.98. The summed E-state index contributed by atoms with van der Waals surface area (Å²) in [6.45, 7) is 2.25. The van der Waals surface area contributed by atoms with Gasteiger partial charge in [0.25, 0.3) is 0 Å². The van der Waals surface area contributed by atoms with E-state index in [-0.39, 0.29) is 23.9 Å². The first-order valence-electron chi connectivity index (χ1n) is 8.09. The number of anilines is 1. The van der Waals surface area contributed by atoms with E-state index in [1.165, 1.54) is 0 Å². The highest BCUT2D eigenvalue weighted by atomic mass is 16.3. The van der Waals surface area contributed by atoms with Crippen molar-refractivity contribution in [2.24, 2.45) is 5.92 Å². The van der Waals surface area contributed by atoms with Crippen LogP contribution in [0.1, 0.15) is 37.1 Å². The van der Waals surface area contributed by atoms with Gasteiger partial charge in [-0.25, -0.2) is 4.79 Å². The van der Waals surface area contributed by atoms with Gasteiger partial charge in [0.1, 0.15) is 5.76 Å². The molecule has 0 bridgehead atoms. The van der Waals surface area contributed by atoms with E-state index < -0.39 is 0 Å². The normalized spacial score (nSPS) is 14.7. The zero-order valence-corrected chi connectivity index (χ0v) is 13.5. The number of rotatable bonds is 6. The maximum absolute atomic E-state index is 11.9. The van der Waals surface area contributed by atoms with E-state index in [2.05, 4.69) is 16.0 Å². The van der Waals surface area contributed by atoms with Gasteiger partial charge in [0.05, 0.1) is 18.8 Å². The second kappa shape index (κ2) is 7.21. The quantitative estimate of drug-likeness (QED) is 0.762.